The predicted molar refractivity (Wildman–Crippen MR) is 109 cm³/mol. The van der Waals surface area contributed by atoms with E-state index >= 15 is 0 Å². The highest BCUT2D eigenvalue weighted by molar-refractivity contribution is 5.82. The summed E-state index contributed by atoms with van der Waals surface area (Å²) in [6, 6.07) is 20.8. The van der Waals surface area contributed by atoms with Crippen molar-refractivity contribution in [3.8, 4) is 11.5 Å². The fraction of sp³-hybridized carbons (Fsp3) is 0.0455. The lowest BCUT2D eigenvalue weighted by atomic mass is 10.2. The number of nitro groups is 1. The fourth-order valence-corrected chi connectivity index (χ4v) is 2.57. The average molecular weight is 390 g/mol. The molecule has 29 heavy (non-hydrogen) atoms. The molecule has 3 aromatic carbocycles. The van der Waals surface area contributed by atoms with E-state index in [1.807, 2.05) is 36.4 Å². The molecule has 3 rings (SSSR count). The summed E-state index contributed by atoms with van der Waals surface area (Å²) in [7, 11) is 0. The van der Waals surface area contributed by atoms with Gasteiger partial charge in [-0.25, -0.2) is 0 Å². The highest BCUT2D eigenvalue weighted by Gasteiger charge is 2.14. The summed E-state index contributed by atoms with van der Waals surface area (Å²) in [5.41, 5.74) is 1.40. The summed E-state index contributed by atoms with van der Waals surface area (Å²) in [5, 5.41) is 14.0. The van der Waals surface area contributed by atoms with Crippen LogP contribution in [0.5, 0.6) is 11.5 Å². The quantitative estimate of drug-likeness (QED) is 0.231. The highest BCUT2D eigenvalue weighted by atomic mass is 16.6. The maximum Gasteiger partial charge on any atom is 0.280 e. The highest BCUT2D eigenvalue weighted by Crippen LogP contribution is 2.28. The monoisotopic (exact) mass is 390 g/mol. The summed E-state index contributed by atoms with van der Waals surface area (Å²) < 4.78 is 11.3. The number of hydrogen-bond acceptors (Lipinski definition) is 6. The third-order valence-electron chi connectivity index (χ3n) is 3.93. The van der Waals surface area contributed by atoms with Gasteiger partial charge < -0.3 is 14.8 Å². The standard InChI is InChI=1S/C22H18N2O5/c1-16(28-15-17-6-3-2-4-7-17)23-19-8-5-9-20(13-19)29-21-10-11-22(24(26)27)18(12-21)14-25/h2-14,23H,1,15H2. The first-order valence-electron chi connectivity index (χ1n) is 8.69. The summed E-state index contributed by atoms with van der Waals surface area (Å²) in [6.45, 7) is 4.24. The zero-order valence-corrected chi connectivity index (χ0v) is 15.4. The molecule has 0 aliphatic heterocycles. The number of carbonyl (C=O) groups is 1. The van der Waals surface area contributed by atoms with Gasteiger partial charge in [0.2, 0.25) is 0 Å². The molecular formula is C22H18N2O5. The van der Waals surface area contributed by atoms with Crippen LogP contribution in [0.25, 0.3) is 0 Å². The summed E-state index contributed by atoms with van der Waals surface area (Å²) in [5.74, 6) is 1.18. The third kappa shape index (κ3) is 5.43. The Kier molecular flexibility index (Phi) is 6.22. The van der Waals surface area contributed by atoms with E-state index in [9.17, 15) is 14.9 Å². The van der Waals surface area contributed by atoms with Crippen LogP contribution >= 0.6 is 0 Å². The molecule has 146 valence electrons. The van der Waals surface area contributed by atoms with Crippen LogP contribution in [0.15, 0.2) is 85.3 Å². The van der Waals surface area contributed by atoms with E-state index in [2.05, 4.69) is 11.9 Å². The van der Waals surface area contributed by atoms with Crippen LogP contribution < -0.4 is 10.1 Å². The van der Waals surface area contributed by atoms with Crippen LogP contribution in [0.2, 0.25) is 0 Å². The topological polar surface area (TPSA) is 90.7 Å². The Balaban J connectivity index is 1.64. The van der Waals surface area contributed by atoms with Gasteiger partial charge in [0.15, 0.2) is 12.2 Å². The van der Waals surface area contributed by atoms with Gasteiger partial charge in [0.05, 0.1) is 10.5 Å². The SMILES string of the molecule is C=C(Nc1cccc(Oc2ccc([N+](=O)[O-])c(C=O)c2)c1)OCc1ccccc1. The first-order chi connectivity index (χ1) is 14.0. The van der Waals surface area contributed by atoms with Crippen LogP contribution in [0.3, 0.4) is 0 Å². The first kappa shape index (κ1) is 19.6. The van der Waals surface area contributed by atoms with Crippen LogP contribution in [-0.4, -0.2) is 11.2 Å². The number of benzene rings is 3. The van der Waals surface area contributed by atoms with Crippen molar-refractivity contribution in [3.63, 3.8) is 0 Å². The van der Waals surface area contributed by atoms with Gasteiger partial charge in [-0.2, -0.15) is 0 Å². The molecule has 0 saturated heterocycles. The van der Waals surface area contributed by atoms with Crippen molar-refractivity contribution in [2.24, 2.45) is 0 Å². The number of nitrogens with zero attached hydrogens (tertiary/aromatic N) is 1. The molecule has 7 nitrogen and oxygen atoms in total. The van der Waals surface area contributed by atoms with Crippen molar-refractivity contribution in [2.45, 2.75) is 6.61 Å². The average Bonchev–Trinajstić information content (AvgIpc) is 2.73. The lowest BCUT2D eigenvalue weighted by Crippen LogP contribution is -2.03. The number of aldehydes is 1. The van der Waals surface area contributed by atoms with E-state index in [1.54, 1.807) is 18.2 Å². The van der Waals surface area contributed by atoms with Crippen LogP contribution in [0.4, 0.5) is 11.4 Å². The van der Waals surface area contributed by atoms with Crippen LogP contribution in [-0.2, 0) is 11.3 Å². The molecule has 0 fully saturated rings. The lowest BCUT2D eigenvalue weighted by Gasteiger charge is -2.13. The molecule has 0 bridgehead atoms. The number of nitrogens with one attached hydrogen (secondary N) is 1. The molecule has 0 spiro atoms. The maximum atomic E-state index is 11.1. The summed E-state index contributed by atoms with van der Waals surface area (Å²) in [4.78, 5) is 21.4. The summed E-state index contributed by atoms with van der Waals surface area (Å²) >= 11 is 0. The van der Waals surface area contributed by atoms with Crippen molar-refractivity contribution in [1.82, 2.24) is 0 Å². The van der Waals surface area contributed by atoms with Crippen molar-refractivity contribution < 1.29 is 19.2 Å². The van der Waals surface area contributed by atoms with E-state index in [0.717, 1.165) is 5.56 Å². The summed E-state index contributed by atoms with van der Waals surface area (Å²) in [6.07, 6.45) is 0.428. The smallest absolute Gasteiger partial charge is 0.280 e. The van der Waals surface area contributed by atoms with Crippen molar-refractivity contribution >= 4 is 17.7 Å². The van der Waals surface area contributed by atoms with E-state index in [0.29, 0.717) is 36.0 Å². The molecule has 0 unspecified atom stereocenters. The number of hydrogen-bond donors (Lipinski definition) is 1. The molecule has 0 atom stereocenters. The second-order valence-corrected chi connectivity index (χ2v) is 6.05. The Hall–Kier alpha value is -4.13. The number of rotatable bonds is 9. The number of carbonyl (C=O) groups excluding carboxylic acids is 1. The number of anilines is 1. The van der Waals surface area contributed by atoms with Gasteiger partial charge in [0.25, 0.3) is 5.69 Å². The second kappa shape index (κ2) is 9.18. The van der Waals surface area contributed by atoms with Crippen molar-refractivity contribution in [2.75, 3.05) is 5.32 Å². The van der Waals surface area contributed by atoms with Crippen molar-refractivity contribution in [3.05, 3.63) is 106 Å². The minimum absolute atomic E-state index is 0.0514. The van der Waals surface area contributed by atoms with Gasteiger partial charge in [0.1, 0.15) is 18.1 Å². The van der Waals surface area contributed by atoms with Crippen LogP contribution in [0, 0.1) is 10.1 Å². The Labute approximate surface area is 167 Å². The van der Waals surface area contributed by atoms with E-state index in [1.165, 1.54) is 18.2 Å². The molecule has 0 aliphatic rings. The second-order valence-electron chi connectivity index (χ2n) is 6.05. The Morgan fingerprint density at radius 1 is 1.03 bits per heavy atom. The molecule has 0 aromatic heterocycles. The molecule has 7 heteroatoms. The minimum atomic E-state index is -0.612. The molecular weight excluding hydrogens is 372 g/mol. The van der Waals surface area contributed by atoms with Gasteiger partial charge in [0, 0.05) is 17.8 Å². The van der Waals surface area contributed by atoms with Gasteiger partial charge in [-0.05, 0) is 36.4 Å². The zero-order valence-electron chi connectivity index (χ0n) is 15.4. The van der Waals surface area contributed by atoms with Gasteiger partial charge >= 0.3 is 0 Å². The predicted octanol–water partition coefficient (Wildman–Crippen LogP) is 5.30. The molecule has 0 aliphatic carbocycles. The van der Waals surface area contributed by atoms with E-state index in [4.69, 9.17) is 9.47 Å². The lowest BCUT2D eigenvalue weighted by molar-refractivity contribution is -0.385. The normalized spacial score (nSPS) is 10.1. The molecule has 0 saturated carbocycles. The zero-order chi connectivity index (χ0) is 20.6. The number of ether oxygens (including phenoxy) is 2. The van der Waals surface area contributed by atoms with E-state index in [-0.39, 0.29) is 11.3 Å². The first-order valence-corrected chi connectivity index (χ1v) is 8.69. The number of nitro benzene ring substituents is 1. The Morgan fingerprint density at radius 3 is 2.52 bits per heavy atom. The molecule has 0 heterocycles. The third-order valence-corrected chi connectivity index (χ3v) is 3.93. The Bertz CT molecular complexity index is 1030. The van der Waals surface area contributed by atoms with Gasteiger partial charge in [-0.1, -0.05) is 36.4 Å². The molecule has 0 radical (unpaired) electrons. The van der Waals surface area contributed by atoms with Gasteiger partial charge in [-0.15, -0.1) is 0 Å². The molecule has 3 aromatic rings. The van der Waals surface area contributed by atoms with E-state index < -0.39 is 4.92 Å². The molecule has 1 N–H and O–H groups in total. The molecule has 0 amide bonds. The largest absolute Gasteiger partial charge is 0.475 e. The van der Waals surface area contributed by atoms with Crippen molar-refractivity contribution in [1.29, 1.82) is 0 Å². The van der Waals surface area contributed by atoms with Gasteiger partial charge in [-0.3, -0.25) is 14.9 Å². The Morgan fingerprint density at radius 2 is 1.79 bits per heavy atom. The minimum Gasteiger partial charge on any atom is -0.475 e. The fourth-order valence-electron chi connectivity index (χ4n) is 2.57. The van der Waals surface area contributed by atoms with Crippen LogP contribution in [0.1, 0.15) is 15.9 Å². The maximum absolute atomic E-state index is 11.1.